The predicted molar refractivity (Wildman–Crippen MR) is 105 cm³/mol. The summed E-state index contributed by atoms with van der Waals surface area (Å²) in [7, 11) is 6.11. The monoisotopic (exact) mass is 328 g/mol. The SMILES string of the molecule is CN(C)c1cccc2ccc3c(C(=O)c4ccccc4)cn(C)c3c12. The lowest BCUT2D eigenvalue weighted by molar-refractivity contribution is 0.104. The van der Waals surface area contributed by atoms with Gasteiger partial charge in [-0.05, 0) is 11.5 Å². The first kappa shape index (κ1) is 15.5. The Morgan fingerprint density at radius 1 is 0.920 bits per heavy atom. The lowest BCUT2D eigenvalue weighted by Crippen LogP contribution is -2.09. The number of anilines is 1. The molecule has 4 rings (SSSR count). The molecule has 0 saturated carbocycles. The minimum Gasteiger partial charge on any atom is -0.377 e. The molecule has 1 aromatic heterocycles. The average molecular weight is 328 g/mol. The number of hydrogen-bond donors (Lipinski definition) is 0. The summed E-state index contributed by atoms with van der Waals surface area (Å²) < 4.78 is 2.07. The smallest absolute Gasteiger partial charge is 0.195 e. The molecule has 0 aliphatic rings. The number of hydrogen-bond acceptors (Lipinski definition) is 2. The van der Waals surface area contributed by atoms with Gasteiger partial charge in [0.2, 0.25) is 0 Å². The molecular weight excluding hydrogens is 308 g/mol. The molecule has 3 aromatic carbocycles. The summed E-state index contributed by atoms with van der Waals surface area (Å²) in [6.45, 7) is 0. The zero-order valence-electron chi connectivity index (χ0n) is 14.7. The van der Waals surface area contributed by atoms with E-state index in [0.717, 1.165) is 27.7 Å². The van der Waals surface area contributed by atoms with Crippen LogP contribution >= 0.6 is 0 Å². The van der Waals surface area contributed by atoms with Crippen LogP contribution in [0.25, 0.3) is 21.7 Å². The van der Waals surface area contributed by atoms with Crippen LogP contribution in [-0.4, -0.2) is 24.4 Å². The fourth-order valence-corrected chi connectivity index (χ4v) is 3.55. The lowest BCUT2D eigenvalue weighted by atomic mass is 9.99. The molecule has 0 spiro atoms. The van der Waals surface area contributed by atoms with E-state index in [9.17, 15) is 4.79 Å². The molecule has 0 bridgehead atoms. The Morgan fingerprint density at radius 3 is 2.40 bits per heavy atom. The zero-order valence-corrected chi connectivity index (χ0v) is 14.7. The molecule has 0 aliphatic carbocycles. The first-order chi connectivity index (χ1) is 12.1. The normalized spacial score (nSPS) is 11.2. The van der Waals surface area contributed by atoms with Gasteiger partial charge in [-0.2, -0.15) is 0 Å². The van der Waals surface area contributed by atoms with Crippen LogP contribution in [0.15, 0.2) is 66.9 Å². The minimum atomic E-state index is 0.0629. The molecular formula is C22H20N2O. The largest absolute Gasteiger partial charge is 0.377 e. The highest BCUT2D eigenvalue weighted by atomic mass is 16.1. The fourth-order valence-electron chi connectivity index (χ4n) is 3.55. The maximum absolute atomic E-state index is 13.0. The predicted octanol–water partition coefficient (Wildman–Crippen LogP) is 4.63. The Morgan fingerprint density at radius 2 is 1.68 bits per heavy atom. The molecule has 1 heterocycles. The maximum Gasteiger partial charge on any atom is 0.195 e. The average Bonchev–Trinajstić information content (AvgIpc) is 2.98. The van der Waals surface area contributed by atoms with Gasteiger partial charge in [-0.15, -0.1) is 0 Å². The molecule has 4 aromatic rings. The molecule has 0 amide bonds. The number of carbonyl (C=O) groups is 1. The molecule has 0 aliphatic heterocycles. The van der Waals surface area contributed by atoms with Gasteiger partial charge in [-0.1, -0.05) is 54.6 Å². The number of carbonyl (C=O) groups excluding carboxylic acids is 1. The molecule has 0 atom stereocenters. The molecule has 0 saturated heterocycles. The van der Waals surface area contributed by atoms with Crippen molar-refractivity contribution in [2.24, 2.45) is 7.05 Å². The van der Waals surface area contributed by atoms with Gasteiger partial charge in [0.25, 0.3) is 0 Å². The van der Waals surface area contributed by atoms with Crippen molar-refractivity contribution < 1.29 is 4.79 Å². The van der Waals surface area contributed by atoms with E-state index in [1.807, 2.05) is 57.7 Å². The number of aromatic nitrogens is 1. The molecule has 0 N–H and O–H groups in total. The van der Waals surface area contributed by atoms with Crippen LogP contribution in [0.2, 0.25) is 0 Å². The summed E-state index contributed by atoms with van der Waals surface area (Å²) in [4.78, 5) is 15.1. The summed E-state index contributed by atoms with van der Waals surface area (Å²) >= 11 is 0. The van der Waals surface area contributed by atoms with Crippen molar-refractivity contribution in [1.29, 1.82) is 0 Å². The second-order valence-electron chi connectivity index (χ2n) is 6.58. The van der Waals surface area contributed by atoms with E-state index in [2.05, 4.69) is 39.8 Å². The topological polar surface area (TPSA) is 25.2 Å². The summed E-state index contributed by atoms with van der Waals surface area (Å²) in [5, 5.41) is 3.36. The van der Waals surface area contributed by atoms with Gasteiger partial charge >= 0.3 is 0 Å². The van der Waals surface area contributed by atoms with Gasteiger partial charge < -0.3 is 9.47 Å². The Hall–Kier alpha value is -3.07. The molecule has 124 valence electrons. The minimum absolute atomic E-state index is 0.0629. The molecule has 0 fully saturated rings. The van der Waals surface area contributed by atoms with E-state index in [1.165, 1.54) is 10.8 Å². The van der Waals surface area contributed by atoms with Crippen molar-refractivity contribution in [3.63, 3.8) is 0 Å². The molecule has 3 nitrogen and oxygen atoms in total. The molecule has 0 radical (unpaired) electrons. The highest BCUT2D eigenvalue weighted by molar-refractivity contribution is 6.22. The highest BCUT2D eigenvalue weighted by Crippen LogP contribution is 2.35. The first-order valence-electron chi connectivity index (χ1n) is 8.36. The zero-order chi connectivity index (χ0) is 17.6. The van der Waals surface area contributed by atoms with E-state index < -0.39 is 0 Å². The van der Waals surface area contributed by atoms with Crippen LogP contribution in [-0.2, 0) is 7.05 Å². The van der Waals surface area contributed by atoms with E-state index in [-0.39, 0.29) is 5.78 Å². The Balaban J connectivity index is 2.04. The van der Waals surface area contributed by atoms with Crippen LogP contribution in [0.4, 0.5) is 5.69 Å². The number of ketones is 1. The van der Waals surface area contributed by atoms with E-state index >= 15 is 0 Å². The van der Waals surface area contributed by atoms with Gasteiger partial charge in [-0.25, -0.2) is 0 Å². The molecule has 0 unspecified atom stereocenters. The second kappa shape index (κ2) is 5.78. The maximum atomic E-state index is 13.0. The number of aryl methyl sites for hydroxylation is 1. The second-order valence-corrected chi connectivity index (χ2v) is 6.58. The quantitative estimate of drug-likeness (QED) is 0.512. The van der Waals surface area contributed by atoms with Crippen LogP contribution in [0.5, 0.6) is 0 Å². The Kier molecular flexibility index (Phi) is 3.57. The van der Waals surface area contributed by atoms with Crippen molar-refractivity contribution in [3.8, 4) is 0 Å². The summed E-state index contributed by atoms with van der Waals surface area (Å²) in [6, 6.07) is 19.9. The van der Waals surface area contributed by atoms with E-state index in [4.69, 9.17) is 0 Å². The van der Waals surface area contributed by atoms with Gasteiger partial charge in [-0.3, -0.25) is 4.79 Å². The van der Waals surface area contributed by atoms with Crippen molar-refractivity contribution in [1.82, 2.24) is 4.57 Å². The third kappa shape index (κ3) is 2.40. The van der Waals surface area contributed by atoms with Crippen LogP contribution in [0.1, 0.15) is 15.9 Å². The van der Waals surface area contributed by atoms with Crippen LogP contribution in [0.3, 0.4) is 0 Å². The fraction of sp³-hybridized carbons (Fsp3) is 0.136. The number of benzene rings is 3. The number of fused-ring (bicyclic) bond motifs is 3. The summed E-state index contributed by atoms with van der Waals surface area (Å²) in [5.41, 5.74) is 3.72. The molecule has 3 heteroatoms. The van der Waals surface area contributed by atoms with Gasteiger partial charge in [0.05, 0.1) is 5.52 Å². The number of nitrogens with zero attached hydrogens (tertiary/aromatic N) is 2. The summed E-state index contributed by atoms with van der Waals surface area (Å²) in [6.07, 6.45) is 1.95. The third-order valence-corrected chi connectivity index (χ3v) is 4.72. The van der Waals surface area contributed by atoms with Gasteiger partial charge in [0.15, 0.2) is 5.78 Å². The Bertz CT molecular complexity index is 1090. The van der Waals surface area contributed by atoms with Crippen molar-refractivity contribution >= 4 is 33.1 Å². The van der Waals surface area contributed by atoms with Crippen molar-refractivity contribution in [3.05, 3.63) is 78.0 Å². The Labute approximate surface area is 147 Å². The first-order valence-corrected chi connectivity index (χ1v) is 8.36. The van der Waals surface area contributed by atoms with Crippen molar-refractivity contribution in [2.75, 3.05) is 19.0 Å². The third-order valence-electron chi connectivity index (χ3n) is 4.72. The van der Waals surface area contributed by atoms with Crippen LogP contribution in [0, 0.1) is 0 Å². The highest BCUT2D eigenvalue weighted by Gasteiger charge is 2.18. The van der Waals surface area contributed by atoms with Gasteiger partial charge in [0.1, 0.15) is 0 Å². The number of rotatable bonds is 3. The summed E-state index contributed by atoms with van der Waals surface area (Å²) in [5.74, 6) is 0.0629. The van der Waals surface area contributed by atoms with Crippen molar-refractivity contribution in [2.45, 2.75) is 0 Å². The molecule has 25 heavy (non-hydrogen) atoms. The van der Waals surface area contributed by atoms with E-state index in [0.29, 0.717) is 0 Å². The van der Waals surface area contributed by atoms with Gasteiger partial charge in [0, 0.05) is 54.9 Å². The van der Waals surface area contributed by atoms with E-state index in [1.54, 1.807) is 0 Å². The van der Waals surface area contributed by atoms with Crippen LogP contribution < -0.4 is 4.90 Å². The standard InChI is InChI=1S/C22H20N2O/c1-23(2)19-11-7-10-15-12-13-17-18(14-24(3)21(17)20(15)19)22(25)16-8-5-4-6-9-16/h4-14H,1-3H3. The lowest BCUT2D eigenvalue weighted by Gasteiger charge is -2.16.